The fraction of sp³-hybridized carbons (Fsp3) is 0.273. The first-order chi connectivity index (χ1) is 8.29. The van der Waals surface area contributed by atoms with E-state index < -0.39 is 23.9 Å². The molecule has 0 amide bonds. The van der Waals surface area contributed by atoms with Crippen LogP contribution < -0.4 is 0 Å². The highest BCUT2D eigenvalue weighted by Gasteiger charge is 2.32. The van der Waals surface area contributed by atoms with E-state index in [2.05, 4.69) is 0 Å². The van der Waals surface area contributed by atoms with Gasteiger partial charge < -0.3 is 10.2 Å². The van der Waals surface area contributed by atoms with E-state index in [0.717, 1.165) is 6.07 Å². The van der Waals surface area contributed by atoms with Gasteiger partial charge in [0, 0.05) is 0 Å². The van der Waals surface area contributed by atoms with Gasteiger partial charge >= 0.3 is 6.18 Å². The maximum Gasteiger partial charge on any atom is 0.416 e. The van der Waals surface area contributed by atoms with Gasteiger partial charge in [0.1, 0.15) is 6.10 Å². The minimum atomic E-state index is -4.68. The average molecular weight is 256 g/mol. The van der Waals surface area contributed by atoms with Crippen LogP contribution in [0.5, 0.6) is 0 Å². The van der Waals surface area contributed by atoms with Crippen molar-refractivity contribution in [3.05, 3.63) is 34.9 Å². The summed E-state index contributed by atoms with van der Waals surface area (Å²) in [6, 6.07) is 5.01. The van der Waals surface area contributed by atoms with Gasteiger partial charge in [-0.25, -0.2) is 0 Å². The van der Waals surface area contributed by atoms with Crippen molar-refractivity contribution in [1.82, 2.24) is 0 Å². The molecule has 0 heterocycles. The molecule has 1 rings (SSSR count). The molecule has 0 saturated carbocycles. The highest BCUT2D eigenvalue weighted by molar-refractivity contribution is 5.40. The molecule has 2 N–H and O–H groups in total. The second kappa shape index (κ2) is 5.05. The molecular formula is C11H7F3N2O2. The van der Waals surface area contributed by atoms with E-state index in [9.17, 15) is 18.3 Å². The summed E-state index contributed by atoms with van der Waals surface area (Å²) >= 11 is 0. The lowest BCUT2D eigenvalue weighted by Crippen LogP contribution is -2.17. The number of aliphatic hydroxyl groups is 2. The van der Waals surface area contributed by atoms with Crippen molar-refractivity contribution < 1.29 is 23.4 Å². The Bertz CT molecular complexity index is 529. The van der Waals surface area contributed by atoms with Crippen molar-refractivity contribution in [2.45, 2.75) is 18.4 Å². The molecule has 1 aromatic rings. The van der Waals surface area contributed by atoms with Crippen LogP contribution in [0.3, 0.4) is 0 Å². The Morgan fingerprint density at radius 2 is 1.72 bits per heavy atom. The van der Waals surface area contributed by atoms with Gasteiger partial charge in [0.2, 0.25) is 0 Å². The first kappa shape index (κ1) is 14.0. The largest absolute Gasteiger partial charge is 0.416 e. The summed E-state index contributed by atoms with van der Waals surface area (Å²) in [4.78, 5) is 0. The molecule has 0 fully saturated rings. The summed E-state index contributed by atoms with van der Waals surface area (Å²) in [7, 11) is 0. The van der Waals surface area contributed by atoms with E-state index >= 15 is 0 Å². The Morgan fingerprint density at radius 3 is 2.17 bits per heavy atom. The van der Waals surface area contributed by atoms with Gasteiger partial charge in [-0.1, -0.05) is 0 Å². The van der Waals surface area contributed by atoms with Crippen LogP contribution in [0.4, 0.5) is 13.2 Å². The maximum absolute atomic E-state index is 12.5. The molecule has 0 bridgehead atoms. The average Bonchev–Trinajstić information content (AvgIpc) is 2.35. The van der Waals surface area contributed by atoms with E-state index in [1.807, 2.05) is 0 Å². The van der Waals surface area contributed by atoms with E-state index in [1.165, 1.54) is 12.1 Å². The fourth-order valence-corrected chi connectivity index (χ4v) is 1.30. The van der Waals surface area contributed by atoms with Crippen molar-refractivity contribution >= 4 is 0 Å². The van der Waals surface area contributed by atoms with E-state index in [0.29, 0.717) is 12.1 Å². The van der Waals surface area contributed by atoms with Gasteiger partial charge in [0.25, 0.3) is 0 Å². The van der Waals surface area contributed by atoms with Crippen LogP contribution in [0.15, 0.2) is 18.2 Å². The number of benzene rings is 1. The van der Waals surface area contributed by atoms with Gasteiger partial charge in [0.15, 0.2) is 6.10 Å². The molecular weight excluding hydrogens is 249 g/mol. The van der Waals surface area contributed by atoms with Gasteiger partial charge in [-0.3, -0.25) is 0 Å². The third kappa shape index (κ3) is 2.98. The number of aliphatic hydroxyl groups excluding tert-OH is 2. The smallest absolute Gasteiger partial charge is 0.385 e. The molecule has 7 heteroatoms. The Kier molecular flexibility index (Phi) is 3.92. The molecule has 0 aliphatic heterocycles. The molecule has 0 aliphatic carbocycles. The van der Waals surface area contributed by atoms with Crippen molar-refractivity contribution in [2.75, 3.05) is 0 Å². The first-order valence-electron chi connectivity index (χ1n) is 4.67. The number of nitriles is 2. The summed E-state index contributed by atoms with van der Waals surface area (Å²) in [5.74, 6) is 0. The van der Waals surface area contributed by atoms with Crippen LogP contribution in [0, 0.1) is 22.7 Å². The number of hydrogen-bond acceptors (Lipinski definition) is 4. The molecule has 4 nitrogen and oxygen atoms in total. The zero-order valence-corrected chi connectivity index (χ0v) is 8.81. The van der Waals surface area contributed by atoms with Crippen LogP contribution in [-0.2, 0) is 6.18 Å². The zero-order chi connectivity index (χ0) is 13.9. The molecule has 2 atom stereocenters. The highest BCUT2D eigenvalue weighted by Crippen LogP contribution is 2.32. The van der Waals surface area contributed by atoms with Gasteiger partial charge in [-0.15, -0.1) is 0 Å². The predicted octanol–water partition coefficient (Wildman–Crippen LogP) is 1.49. The molecule has 18 heavy (non-hydrogen) atoms. The lowest BCUT2D eigenvalue weighted by atomic mass is 9.99. The van der Waals surface area contributed by atoms with Gasteiger partial charge in [-0.05, 0) is 23.8 Å². The summed E-state index contributed by atoms with van der Waals surface area (Å²) in [6.07, 6.45) is -8.34. The lowest BCUT2D eigenvalue weighted by Gasteiger charge is -2.15. The van der Waals surface area contributed by atoms with Crippen LogP contribution in [0.1, 0.15) is 22.8 Å². The first-order valence-corrected chi connectivity index (χ1v) is 4.67. The van der Waals surface area contributed by atoms with Crippen molar-refractivity contribution in [1.29, 1.82) is 10.5 Å². The van der Waals surface area contributed by atoms with Crippen LogP contribution in [0.25, 0.3) is 0 Å². The predicted molar refractivity (Wildman–Crippen MR) is 52.7 cm³/mol. The maximum atomic E-state index is 12.5. The highest BCUT2D eigenvalue weighted by atomic mass is 19.4. The summed E-state index contributed by atoms with van der Waals surface area (Å²) in [5, 5.41) is 35.5. The zero-order valence-electron chi connectivity index (χ0n) is 8.81. The summed E-state index contributed by atoms with van der Waals surface area (Å²) < 4.78 is 37.5. The van der Waals surface area contributed by atoms with E-state index in [1.54, 1.807) is 0 Å². The Labute approximate surface area is 100 Å². The van der Waals surface area contributed by atoms with Crippen molar-refractivity contribution in [3.63, 3.8) is 0 Å². The molecule has 0 aromatic heterocycles. The summed E-state index contributed by atoms with van der Waals surface area (Å²) in [6.45, 7) is 0. The van der Waals surface area contributed by atoms with Gasteiger partial charge in [0.05, 0.1) is 23.3 Å². The van der Waals surface area contributed by atoms with Crippen LogP contribution >= 0.6 is 0 Å². The summed E-state index contributed by atoms with van der Waals surface area (Å²) in [5.41, 5.74) is -1.78. The third-order valence-electron chi connectivity index (χ3n) is 2.18. The van der Waals surface area contributed by atoms with E-state index in [-0.39, 0.29) is 11.1 Å². The number of rotatable bonds is 2. The Hall–Kier alpha value is -2.09. The Morgan fingerprint density at radius 1 is 1.11 bits per heavy atom. The monoisotopic (exact) mass is 256 g/mol. The van der Waals surface area contributed by atoms with E-state index in [4.69, 9.17) is 15.6 Å². The quantitative estimate of drug-likeness (QED) is 0.785. The normalized spacial score (nSPS) is 14.4. The lowest BCUT2D eigenvalue weighted by molar-refractivity contribution is -0.137. The van der Waals surface area contributed by atoms with Gasteiger partial charge in [-0.2, -0.15) is 23.7 Å². The molecule has 0 saturated heterocycles. The molecule has 0 radical (unpaired) electrons. The van der Waals surface area contributed by atoms with Crippen molar-refractivity contribution in [3.8, 4) is 12.1 Å². The van der Waals surface area contributed by atoms with Crippen LogP contribution in [0.2, 0.25) is 0 Å². The van der Waals surface area contributed by atoms with Crippen LogP contribution in [-0.4, -0.2) is 16.3 Å². The molecule has 1 aromatic carbocycles. The minimum absolute atomic E-state index is 0.316. The third-order valence-corrected chi connectivity index (χ3v) is 2.18. The topological polar surface area (TPSA) is 88.0 Å². The second-order valence-corrected chi connectivity index (χ2v) is 3.47. The number of alkyl halides is 3. The number of nitrogens with zero attached hydrogens (tertiary/aromatic N) is 2. The Balaban J connectivity index is 3.31. The van der Waals surface area contributed by atoms with Crippen molar-refractivity contribution in [2.24, 2.45) is 0 Å². The number of hydrogen-bond donors (Lipinski definition) is 2. The second-order valence-electron chi connectivity index (χ2n) is 3.47. The standard InChI is InChI=1S/C11H7F3N2O2/c12-11(13,14)8-2-6(4-15)1-7(3-8)10(18)9(17)5-16/h1-3,9-10,17-18H. The fourth-order valence-electron chi connectivity index (χ4n) is 1.30. The molecule has 0 spiro atoms. The molecule has 94 valence electrons. The minimum Gasteiger partial charge on any atom is -0.385 e. The number of halogens is 3. The molecule has 2 unspecified atom stereocenters. The SMILES string of the molecule is N#Cc1cc(C(O)C(O)C#N)cc(C(F)(F)F)c1. The molecule has 0 aliphatic rings.